The van der Waals surface area contributed by atoms with Crippen molar-refractivity contribution >= 4 is 57.7 Å². The van der Waals surface area contributed by atoms with Crippen LogP contribution in [0.3, 0.4) is 0 Å². The first kappa shape index (κ1) is 17.3. The fraction of sp³-hybridized carbons (Fsp3) is 0.0500. The lowest BCUT2D eigenvalue weighted by Gasteiger charge is -2.21. The fourth-order valence-electron chi connectivity index (χ4n) is 2.64. The van der Waals surface area contributed by atoms with E-state index in [2.05, 4.69) is 52.2 Å². The number of benzene rings is 3. The van der Waals surface area contributed by atoms with E-state index in [-0.39, 0.29) is 0 Å². The van der Waals surface area contributed by atoms with E-state index in [9.17, 15) is 0 Å². The van der Waals surface area contributed by atoms with Gasteiger partial charge in [0.25, 0.3) is 0 Å². The Balaban J connectivity index is 1.56. The Bertz CT molecular complexity index is 1020. The van der Waals surface area contributed by atoms with E-state index in [4.69, 9.17) is 23.2 Å². The van der Waals surface area contributed by atoms with Gasteiger partial charge < -0.3 is 5.32 Å². The van der Waals surface area contributed by atoms with E-state index in [1.54, 1.807) is 23.9 Å². The summed E-state index contributed by atoms with van der Waals surface area (Å²) in [5, 5.41) is 8.98. The summed E-state index contributed by atoms with van der Waals surface area (Å²) < 4.78 is 0. The van der Waals surface area contributed by atoms with Crippen molar-refractivity contribution in [2.75, 3.05) is 10.7 Å². The molecule has 130 valence electrons. The zero-order valence-corrected chi connectivity index (χ0v) is 16.2. The molecule has 0 aliphatic carbocycles. The van der Waals surface area contributed by atoms with Crippen LogP contribution >= 0.6 is 35.0 Å². The first-order chi connectivity index (χ1) is 12.6. The molecule has 2 N–H and O–H groups in total. The number of para-hydroxylation sites is 1. The number of hydrazone groups is 1. The largest absolute Gasteiger partial charge is 0.354 e. The molecule has 0 spiro atoms. The molecule has 0 radical (unpaired) electrons. The van der Waals surface area contributed by atoms with Crippen molar-refractivity contribution in [3.63, 3.8) is 0 Å². The third-order valence-corrected chi connectivity index (χ3v) is 5.94. The highest BCUT2D eigenvalue weighted by Gasteiger charge is 2.15. The second kappa shape index (κ2) is 7.23. The van der Waals surface area contributed by atoms with Gasteiger partial charge >= 0.3 is 0 Å². The van der Waals surface area contributed by atoms with E-state index < -0.39 is 0 Å². The summed E-state index contributed by atoms with van der Waals surface area (Å²) in [5.74, 6) is 0. The van der Waals surface area contributed by atoms with Crippen LogP contribution in [0.4, 0.5) is 17.1 Å². The minimum absolute atomic E-state index is 0.498. The van der Waals surface area contributed by atoms with Gasteiger partial charge in [0.1, 0.15) is 0 Å². The number of rotatable bonds is 3. The zero-order valence-electron chi connectivity index (χ0n) is 13.9. The molecule has 0 saturated heterocycles. The summed E-state index contributed by atoms with van der Waals surface area (Å²) in [6.07, 6.45) is 0. The summed E-state index contributed by atoms with van der Waals surface area (Å²) in [7, 11) is 0. The van der Waals surface area contributed by atoms with Gasteiger partial charge in [-0.25, -0.2) is 0 Å². The minimum atomic E-state index is 0.498. The predicted molar refractivity (Wildman–Crippen MR) is 113 cm³/mol. The van der Waals surface area contributed by atoms with Crippen LogP contribution < -0.4 is 10.7 Å². The fourth-order valence-corrected chi connectivity index (χ4v) is 3.91. The van der Waals surface area contributed by atoms with Crippen LogP contribution in [0.5, 0.6) is 0 Å². The topological polar surface area (TPSA) is 36.4 Å². The monoisotopic (exact) mass is 399 g/mol. The first-order valence-corrected chi connectivity index (χ1v) is 9.61. The van der Waals surface area contributed by atoms with Crippen LogP contribution in [0.2, 0.25) is 10.0 Å². The van der Waals surface area contributed by atoms with Gasteiger partial charge in [-0.1, -0.05) is 53.2 Å². The normalized spacial score (nSPS) is 12.8. The molecule has 0 aromatic heterocycles. The molecule has 0 fully saturated rings. The Morgan fingerprint density at radius 1 is 0.923 bits per heavy atom. The summed E-state index contributed by atoms with van der Waals surface area (Å²) in [5.41, 5.74) is 7.96. The van der Waals surface area contributed by atoms with Gasteiger partial charge in [0.2, 0.25) is 0 Å². The van der Waals surface area contributed by atoms with Gasteiger partial charge in [-0.15, -0.1) is 0 Å². The lowest BCUT2D eigenvalue weighted by atomic mass is 10.1. The van der Waals surface area contributed by atoms with Gasteiger partial charge in [0.05, 0.1) is 32.8 Å². The average molecular weight is 400 g/mol. The summed E-state index contributed by atoms with van der Waals surface area (Å²) in [6, 6.07) is 20.0. The van der Waals surface area contributed by atoms with Crippen molar-refractivity contribution in [3.8, 4) is 0 Å². The lowest BCUT2D eigenvalue weighted by molar-refractivity contribution is 1.29. The third-order valence-electron chi connectivity index (χ3n) is 4.05. The van der Waals surface area contributed by atoms with Crippen LogP contribution in [-0.2, 0) is 0 Å². The van der Waals surface area contributed by atoms with Crippen molar-refractivity contribution < 1.29 is 0 Å². The van der Waals surface area contributed by atoms with Gasteiger partial charge in [0.15, 0.2) is 0 Å². The van der Waals surface area contributed by atoms with E-state index in [1.165, 1.54) is 9.79 Å². The molecule has 1 aliphatic rings. The molecular weight excluding hydrogens is 385 g/mol. The van der Waals surface area contributed by atoms with E-state index in [0.717, 1.165) is 28.3 Å². The number of halogens is 2. The number of nitrogens with zero attached hydrogens (tertiary/aromatic N) is 1. The summed E-state index contributed by atoms with van der Waals surface area (Å²) in [6.45, 7) is 1.97. The number of hydrogen-bond acceptors (Lipinski definition) is 4. The molecule has 0 atom stereocenters. The molecule has 0 amide bonds. The van der Waals surface area contributed by atoms with E-state index in [0.29, 0.717) is 10.0 Å². The molecule has 1 aliphatic heterocycles. The number of hydrogen-bond donors (Lipinski definition) is 2. The van der Waals surface area contributed by atoms with Crippen molar-refractivity contribution in [1.29, 1.82) is 0 Å². The molecule has 6 heteroatoms. The van der Waals surface area contributed by atoms with Crippen LogP contribution in [-0.4, -0.2) is 5.71 Å². The number of nitrogens with one attached hydrogen (secondary N) is 2. The number of fused-ring (bicyclic) bond motifs is 2. The van der Waals surface area contributed by atoms with Gasteiger partial charge in [-0.2, -0.15) is 5.10 Å². The highest BCUT2D eigenvalue weighted by atomic mass is 35.5. The van der Waals surface area contributed by atoms with Crippen molar-refractivity contribution in [3.05, 3.63) is 76.3 Å². The maximum Gasteiger partial charge on any atom is 0.0649 e. The molecule has 3 aromatic rings. The van der Waals surface area contributed by atoms with Crippen LogP contribution in [0.25, 0.3) is 0 Å². The zero-order chi connectivity index (χ0) is 18.1. The van der Waals surface area contributed by atoms with Gasteiger partial charge in [-0.3, -0.25) is 5.43 Å². The highest BCUT2D eigenvalue weighted by molar-refractivity contribution is 7.99. The molecule has 3 aromatic carbocycles. The van der Waals surface area contributed by atoms with Crippen molar-refractivity contribution in [1.82, 2.24) is 0 Å². The lowest BCUT2D eigenvalue weighted by Crippen LogP contribution is -2.04. The van der Waals surface area contributed by atoms with Gasteiger partial charge in [-0.05, 0) is 55.0 Å². The maximum atomic E-state index is 6.04. The molecule has 3 nitrogen and oxygen atoms in total. The van der Waals surface area contributed by atoms with Crippen molar-refractivity contribution in [2.24, 2.45) is 5.10 Å². The Morgan fingerprint density at radius 2 is 1.73 bits per heavy atom. The van der Waals surface area contributed by atoms with Crippen LogP contribution in [0.15, 0.2) is 75.6 Å². The van der Waals surface area contributed by atoms with E-state index >= 15 is 0 Å². The Labute approximate surface area is 166 Å². The Morgan fingerprint density at radius 3 is 2.58 bits per heavy atom. The second-order valence-corrected chi connectivity index (χ2v) is 7.77. The number of anilines is 3. The maximum absolute atomic E-state index is 6.04. The molecule has 1 heterocycles. The quantitative estimate of drug-likeness (QED) is 0.286. The molecule has 4 rings (SSSR count). The average Bonchev–Trinajstić information content (AvgIpc) is 2.66. The standard InChI is InChI=1S/C20H15Cl2N3S/c1-12(24-25-14-7-8-15(21)16(22)11-14)13-6-9-20-18(10-13)23-17-4-2-3-5-19(17)26-20/h2-11,23,25H,1H3/b24-12-. The van der Waals surface area contributed by atoms with Crippen molar-refractivity contribution in [2.45, 2.75) is 16.7 Å². The predicted octanol–water partition coefficient (Wildman–Crippen LogP) is 7.04. The van der Waals surface area contributed by atoms with Crippen LogP contribution in [0.1, 0.15) is 12.5 Å². The highest BCUT2D eigenvalue weighted by Crippen LogP contribution is 2.44. The Kier molecular flexibility index (Phi) is 4.81. The van der Waals surface area contributed by atoms with Gasteiger partial charge in [0, 0.05) is 9.79 Å². The second-order valence-electron chi connectivity index (χ2n) is 5.87. The minimum Gasteiger partial charge on any atom is -0.354 e. The third kappa shape index (κ3) is 3.54. The van der Waals surface area contributed by atoms with Crippen LogP contribution in [0, 0.1) is 0 Å². The molecular formula is C20H15Cl2N3S. The smallest absolute Gasteiger partial charge is 0.0649 e. The molecule has 0 unspecified atom stereocenters. The molecule has 26 heavy (non-hydrogen) atoms. The first-order valence-electron chi connectivity index (χ1n) is 8.04. The summed E-state index contributed by atoms with van der Waals surface area (Å²) >= 11 is 13.7. The van der Waals surface area contributed by atoms with E-state index in [1.807, 2.05) is 19.1 Å². The molecule has 0 bridgehead atoms. The SMILES string of the molecule is C/C(=N/Nc1ccc(Cl)c(Cl)c1)c1ccc2c(c1)Nc1ccccc1S2. The Hall–Kier alpha value is -2.14. The molecule has 0 saturated carbocycles. The summed E-state index contributed by atoms with van der Waals surface area (Å²) in [4.78, 5) is 2.44.